The molecule has 0 aliphatic heterocycles. The molecule has 1 rings (SSSR count). The normalized spacial score (nSPS) is 11.0. The molecule has 0 atom stereocenters. The minimum atomic E-state index is 0.0511. The first-order valence-electron chi connectivity index (χ1n) is 4.67. The van der Waals surface area contributed by atoms with Crippen LogP contribution in [0.5, 0.6) is 5.75 Å². The number of anilines is 1. The highest BCUT2D eigenvalue weighted by Gasteiger charge is 2.05. The summed E-state index contributed by atoms with van der Waals surface area (Å²) in [6.45, 7) is 3.66. The van der Waals surface area contributed by atoms with E-state index in [1.54, 1.807) is 6.07 Å². The highest BCUT2D eigenvalue weighted by atomic mass is 16.3. The largest absolute Gasteiger partial charge is 0.508 e. The number of nitrogens with zero attached hydrogens (tertiary/aromatic N) is 2. The predicted octanol–water partition coefficient (Wildman–Crippen LogP) is 0.580. The fourth-order valence-electron chi connectivity index (χ4n) is 1.10. The van der Waals surface area contributed by atoms with Gasteiger partial charge in [0.2, 0.25) is 0 Å². The SMILES string of the molecule is CC(C)=NN/C(=N/N)c1cc(N)cc(O)c1. The van der Waals surface area contributed by atoms with Gasteiger partial charge >= 0.3 is 0 Å². The molecule has 86 valence electrons. The smallest absolute Gasteiger partial charge is 0.173 e. The number of aromatic hydroxyl groups is 1. The summed E-state index contributed by atoms with van der Waals surface area (Å²) < 4.78 is 0. The van der Waals surface area contributed by atoms with Crippen molar-refractivity contribution in [1.29, 1.82) is 0 Å². The summed E-state index contributed by atoms with van der Waals surface area (Å²) in [6.07, 6.45) is 0. The first-order valence-corrected chi connectivity index (χ1v) is 4.67. The lowest BCUT2D eigenvalue weighted by Crippen LogP contribution is -2.21. The van der Waals surface area contributed by atoms with Crippen LogP contribution in [0.25, 0.3) is 0 Å². The van der Waals surface area contributed by atoms with Gasteiger partial charge in [-0.3, -0.25) is 5.43 Å². The molecule has 6 N–H and O–H groups in total. The Morgan fingerprint density at radius 2 is 2.00 bits per heavy atom. The van der Waals surface area contributed by atoms with Crippen molar-refractivity contribution in [1.82, 2.24) is 5.43 Å². The van der Waals surface area contributed by atoms with Gasteiger partial charge in [0.1, 0.15) is 5.75 Å². The maximum Gasteiger partial charge on any atom is 0.173 e. The van der Waals surface area contributed by atoms with E-state index in [2.05, 4.69) is 15.6 Å². The maximum atomic E-state index is 9.38. The van der Waals surface area contributed by atoms with Gasteiger partial charge < -0.3 is 16.7 Å². The van der Waals surface area contributed by atoms with Crippen LogP contribution in [0.2, 0.25) is 0 Å². The van der Waals surface area contributed by atoms with Gasteiger partial charge in [0.15, 0.2) is 5.84 Å². The number of hydrazone groups is 2. The summed E-state index contributed by atoms with van der Waals surface area (Å²) in [4.78, 5) is 0. The molecule has 0 saturated carbocycles. The van der Waals surface area contributed by atoms with Gasteiger partial charge in [-0.05, 0) is 26.0 Å². The van der Waals surface area contributed by atoms with E-state index < -0.39 is 0 Å². The monoisotopic (exact) mass is 221 g/mol. The number of nitrogens with two attached hydrogens (primary N) is 2. The van der Waals surface area contributed by atoms with Gasteiger partial charge in [0.05, 0.1) is 0 Å². The zero-order valence-corrected chi connectivity index (χ0v) is 9.23. The van der Waals surface area contributed by atoms with E-state index in [4.69, 9.17) is 11.6 Å². The second-order valence-corrected chi connectivity index (χ2v) is 3.46. The Hall–Kier alpha value is -2.24. The van der Waals surface area contributed by atoms with Crippen molar-refractivity contribution in [3.8, 4) is 5.75 Å². The van der Waals surface area contributed by atoms with Gasteiger partial charge in [0, 0.05) is 23.0 Å². The van der Waals surface area contributed by atoms with Crippen molar-refractivity contribution in [3.05, 3.63) is 23.8 Å². The molecule has 0 bridgehead atoms. The topological polar surface area (TPSA) is 109 Å². The molecule has 0 spiro atoms. The first-order chi connectivity index (χ1) is 7.52. The Kier molecular flexibility index (Phi) is 3.71. The number of nitrogen functional groups attached to an aromatic ring is 1. The Labute approximate surface area is 93.6 Å². The molecule has 16 heavy (non-hydrogen) atoms. The average molecular weight is 221 g/mol. The number of nitrogens with one attached hydrogen (secondary N) is 1. The van der Waals surface area contributed by atoms with Crippen LogP contribution in [-0.2, 0) is 0 Å². The summed E-state index contributed by atoms with van der Waals surface area (Å²) in [5.74, 6) is 5.61. The molecule has 1 aromatic carbocycles. The average Bonchev–Trinajstić information content (AvgIpc) is 2.16. The van der Waals surface area contributed by atoms with Crippen molar-refractivity contribution in [3.63, 3.8) is 0 Å². The Morgan fingerprint density at radius 1 is 1.31 bits per heavy atom. The van der Waals surface area contributed by atoms with Crippen LogP contribution in [0, 0.1) is 0 Å². The molecule has 1 aromatic rings. The molecule has 6 heteroatoms. The lowest BCUT2D eigenvalue weighted by Gasteiger charge is -2.06. The van der Waals surface area contributed by atoms with Crippen molar-refractivity contribution in [2.24, 2.45) is 16.0 Å². The first kappa shape index (κ1) is 11.8. The molecule has 0 aromatic heterocycles. The summed E-state index contributed by atoms with van der Waals surface area (Å²) in [6, 6.07) is 4.57. The van der Waals surface area contributed by atoms with E-state index in [0.717, 1.165) is 5.71 Å². The molecule has 0 fully saturated rings. The molecular formula is C10H15N5O. The second kappa shape index (κ2) is 5.01. The van der Waals surface area contributed by atoms with Gasteiger partial charge in [-0.1, -0.05) is 0 Å². The van der Waals surface area contributed by atoms with Crippen LogP contribution in [0.1, 0.15) is 19.4 Å². The third-order valence-electron chi connectivity index (χ3n) is 1.73. The van der Waals surface area contributed by atoms with Crippen LogP contribution in [0.4, 0.5) is 5.69 Å². The van der Waals surface area contributed by atoms with Crippen LogP contribution in [0.15, 0.2) is 28.4 Å². The lowest BCUT2D eigenvalue weighted by molar-refractivity contribution is 0.475. The van der Waals surface area contributed by atoms with Gasteiger partial charge in [-0.25, -0.2) is 0 Å². The van der Waals surface area contributed by atoms with Crippen LogP contribution >= 0.6 is 0 Å². The van der Waals surface area contributed by atoms with E-state index in [1.807, 2.05) is 13.8 Å². The summed E-state index contributed by atoms with van der Waals surface area (Å²) >= 11 is 0. The minimum Gasteiger partial charge on any atom is -0.508 e. The van der Waals surface area contributed by atoms with Gasteiger partial charge in [-0.2, -0.15) is 10.2 Å². The highest BCUT2D eigenvalue weighted by molar-refractivity contribution is 6.00. The molecule has 0 amide bonds. The molecule has 0 heterocycles. The standard InChI is InChI=1S/C10H15N5O/c1-6(2)14-15-10(13-12)7-3-8(11)5-9(16)4-7/h3-5,16H,11-12H2,1-2H3,(H,13,15). The highest BCUT2D eigenvalue weighted by Crippen LogP contribution is 2.17. The fraction of sp³-hybridized carbons (Fsp3) is 0.200. The van der Waals surface area contributed by atoms with Crippen molar-refractivity contribution in [2.45, 2.75) is 13.8 Å². The zero-order valence-electron chi connectivity index (χ0n) is 9.23. The molecule has 0 aliphatic rings. The summed E-state index contributed by atoms with van der Waals surface area (Å²) in [5, 5.41) is 16.9. The minimum absolute atomic E-state index is 0.0511. The second-order valence-electron chi connectivity index (χ2n) is 3.46. The number of hydrogen-bond acceptors (Lipinski definition) is 5. The van der Waals surface area contributed by atoms with E-state index in [1.165, 1.54) is 12.1 Å². The van der Waals surface area contributed by atoms with Crippen molar-refractivity contribution < 1.29 is 5.11 Å². The molecule has 0 radical (unpaired) electrons. The number of rotatable bonds is 2. The maximum absolute atomic E-state index is 9.38. The Morgan fingerprint density at radius 3 is 2.50 bits per heavy atom. The number of amidine groups is 1. The number of benzene rings is 1. The molecule has 6 nitrogen and oxygen atoms in total. The zero-order chi connectivity index (χ0) is 12.1. The van der Waals surface area contributed by atoms with Crippen LogP contribution in [0.3, 0.4) is 0 Å². The van der Waals surface area contributed by atoms with E-state index in [9.17, 15) is 5.11 Å². The Bertz CT molecular complexity index is 415. The fourth-order valence-corrected chi connectivity index (χ4v) is 1.10. The van der Waals surface area contributed by atoms with Crippen molar-refractivity contribution >= 4 is 17.2 Å². The molecule has 0 unspecified atom stereocenters. The van der Waals surface area contributed by atoms with E-state index in [0.29, 0.717) is 17.1 Å². The number of hydrogen-bond donors (Lipinski definition) is 4. The summed E-state index contributed by atoms with van der Waals surface area (Å²) in [5.41, 5.74) is 10.1. The van der Waals surface area contributed by atoms with E-state index >= 15 is 0 Å². The van der Waals surface area contributed by atoms with Crippen LogP contribution < -0.4 is 17.0 Å². The van der Waals surface area contributed by atoms with Crippen molar-refractivity contribution in [2.75, 3.05) is 5.73 Å². The number of phenols is 1. The van der Waals surface area contributed by atoms with Gasteiger partial charge in [0.25, 0.3) is 0 Å². The van der Waals surface area contributed by atoms with E-state index in [-0.39, 0.29) is 5.75 Å². The summed E-state index contributed by atoms with van der Waals surface area (Å²) in [7, 11) is 0. The lowest BCUT2D eigenvalue weighted by atomic mass is 10.2. The third kappa shape index (κ3) is 3.16. The van der Waals surface area contributed by atoms with Crippen LogP contribution in [-0.4, -0.2) is 16.7 Å². The van der Waals surface area contributed by atoms with Gasteiger partial charge in [-0.15, -0.1) is 0 Å². The molecule has 0 saturated heterocycles. The quantitative estimate of drug-likeness (QED) is 0.192. The Balaban J connectivity index is 3.00. The number of phenolic OH excluding ortho intramolecular Hbond substituents is 1. The molecular weight excluding hydrogens is 206 g/mol. The predicted molar refractivity (Wildman–Crippen MR) is 65.2 cm³/mol. The third-order valence-corrected chi connectivity index (χ3v) is 1.73. The molecule has 0 aliphatic carbocycles.